The van der Waals surface area contributed by atoms with Gasteiger partial charge in [0.2, 0.25) is 11.5 Å². The number of aliphatic hydroxyl groups excluding tert-OH is 1. The minimum Gasteiger partial charge on any atom is -0.490 e. The standard InChI is InChI=1S/C25H40O9/c1-17-18(15-13-11-9-7-8-10-12-14-16-26)20(32-23(27)28)22(31-6)21(30-5)19(17)33-24(29)34-25(2,3)4/h26H,7-16H2,1-6H3,(H,27,28). The maximum atomic E-state index is 12.4. The molecule has 1 aromatic rings. The molecule has 34 heavy (non-hydrogen) atoms. The zero-order valence-corrected chi connectivity index (χ0v) is 21.3. The van der Waals surface area contributed by atoms with Crippen LogP contribution < -0.4 is 18.9 Å². The molecule has 1 rings (SSSR count). The summed E-state index contributed by atoms with van der Waals surface area (Å²) in [4.78, 5) is 23.8. The van der Waals surface area contributed by atoms with Crippen molar-refractivity contribution < 1.29 is 43.5 Å². The van der Waals surface area contributed by atoms with E-state index in [0.29, 0.717) is 17.5 Å². The predicted molar refractivity (Wildman–Crippen MR) is 128 cm³/mol. The monoisotopic (exact) mass is 484 g/mol. The third-order valence-electron chi connectivity index (χ3n) is 5.19. The van der Waals surface area contributed by atoms with E-state index in [1.54, 1.807) is 27.7 Å². The van der Waals surface area contributed by atoms with Crippen molar-refractivity contribution in [3.8, 4) is 23.0 Å². The van der Waals surface area contributed by atoms with E-state index in [-0.39, 0.29) is 29.6 Å². The van der Waals surface area contributed by atoms with Crippen LogP contribution in [0.5, 0.6) is 23.0 Å². The van der Waals surface area contributed by atoms with Crippen molar-refractivity contribution in [2.45, 2.75) is 91.1 Å². The number of ether oxygens (including phenoxy) is 5. The predicted octanol–water partition coefficient (Wildman–Crippen LogP) is 6.04. The third kappa shape index (κ3) is 9.67. The van der Waals surface area contributed by atoms with E-state index < -0.39 is 17.9 Å². The van der Waals surface area contributed by atoms with Crippen molar-refractivity contribution in [2.75, 3.05) is 20.8 Å². The van der Waals surface area contributed by atoms with Crippen LogP contribution in [-0.4, -0.2) is 49.0 Å². The van der Waals surface area contributed by atoms with Gasteiger partial charge >= 0.3 is 12.3 Å². The lowest BCUT2D eigenvalue weighted by Gasteiger charge is -2.23. The number of carbonyl (C=O) groups excluding carboxylic acids is 1. The summed E-state index contributed by atoms with van der Waals surface area (Å²) in [6, 6.07) is 0. The van der Waals surface area contributed by atoms with E-state index in [9.17, 15) is 14.7 Å². The number of hydrogen-bond acceptors (Lipinski definition) is 8. The van der Waals surface area contributed by atoms with Gasteiger partial charge in [0.1, 0.15) is 5.60 Å². The Bertz CT molecular complexity index is 797. The molecular weight excluding hydrogens is 444 g/mol. The molecule has 9 nitrogen and oxygen atoms in total. The van der Waals surface area contributed by atoms with Crippen LogP contribution in [0.1, 0.15) is 83.3 Å². The van der Waals surface area contributed by atoms with Crippen molar-refractivity contribution >= 4 is 12.3 Å². The second kappa shape index (κ2) is 14.6. The smallest absolute Gasteiger partial charge is 0.490 e. The molecule has 9 heteroatoms. The largest absolute Gasteiger partial charge is 0.514 e. The lowest BCUT2D eigenvalue weighted by Crippen LogP contribution is -2.26. The summed E-state index contributed by atoms with van der Waals surface area (Å²) in [5, 5.41) is 18.1. The lowest BCUT2D eigenvalue weighted by molar-refractivity contribution is 0.0198. The van der Waals surface area contributed by atoms with E-state index in [1.165, 1.54) is 14.2 Å². The van der Waals surface area contributed by atoms with E-state index in [0.717, 1.165) is 51.4 Å². The van der Waals surface area contributed by atoms with Gasteiger partial charge in [-0.3, -0.25) is 0 Å². The van der Waals surface area contributed by atoms with Crippen LogP contribution in [0, 0.1) is 6.92 Å². The Morgan fingerprint density at radius 3 is 1.74 bits per heavy atom. The minimum absolute atomic E-state index is 0.0323. The normalized spacial score (nSPS) is 11.1. The number of aliphatic hydroxyl groups is 1. The van der Waals surface area contributed by atoms with Crippen molar-refractivity contribution in [3.05, 3.63) is 11.1 Å². The van der Waals surface area contributed by atoms with Gasteiger partial charge in [-0.25, -0.2) is 9.59 Å². The lowest BCUT2D eigenvalue weighted by atomic mass is 9.98. The molecule has 0 heterocycles. The highest BCUT2D eigenvalue weighted by Crippen LogP contribution is 2.50. The second-order valence-corrected chi connectivity index (χ2v) is 9.06. The minimum atomic E-state index is -1.48. The van der Waals surface area contributed by atoms with Gasteiger partial charge < -0.3 is 33.9 Å². The highest BCUT2D eigenvalue weighted by atomic mass is 16.7. The third-order valence-corrected chi connectivity index (χ3v) is 5.19. The molecule has 1 aromatic carbocycles. The molecule has 0 fully saturated rings. The molecule has 0 unspecified atom stereocenters. The van der Waals surface area contributed by atoms with Gasteiger partial charge in [0.25, 0.3) is 0 Å². The zero-order valence-electron chi connectivity index (χ0n) is 21.3. The highest BCUT2D eigenvalue weighted by Gasteiger charge is 2.30. The molecule has 194 valence electrons. The summed E-state index contributed by atoms with van der Waals surface area (Å²) in [5.41, 5.74) is 0.334. The molecule has 2 N–H and O–H groups in total. The molecule has 0 aliphatic rings. The van der Waals surface area contributed by atoms with Crippen LogP contribution in [0.2, 0.25) is 0 Å². The Morgan fingerprint density at radius 2 is 1.26 bits per heavy atom. The summed E-state index contributed by atoms with van der Waals surface area (Å²) in [7, 11) is 2.73. The van der Waals surface area contributed by atoms with Crippen LogP contribution in [0.25, 0.3) is 0 Å². The SMILES string of the molecule is COc1c(OC(=O)OC(C)(C)C)c(C)c(CCCCCCCCCCO)c(OC(=O)O)c1OC. The second-order valence-electron chi connectivity index (χ2n) is 9.06. The Labute approximate surface area is 202 Å². The highest BCUT2D eigenvalue weighted by molar-refractivity contribution is 5.75. The van der Waals surface area contributed by atoms with Gasteiger partial charge in [0.15, 0.2) is 11.5 Å². The van der Waals surface area contributed by atoms with E-state index in [1.807, 2.05) is 0 Å². The average Bonchev–Trinajstić information content (AvgIpc) is 2.74. The average molecular weight is 485 g/mol. The van der Waals surface area contributed by atoms with Gasteiger partial charge in [-0.15, -0.1) is 0 Å². The molecule has 0 atom stereocenters. The summed E-state index contributed by atoms with van der Waals surface area (Å²) < 4.78 is 26.7. The Balaban J connectivity index is 3.11. The van der Waals surface area contributed by atoms with Crippen LogP contribution in [-0.2, 0) is 11.2 Å². The first-order valence-electron chi connectivity index (χ1n) is 11.8. The zero-order chi connectivity index (χ0) is 25.7. The molecule has 0 amide bonds. The van der Waals surface area contributed by atoms with E-state index >= 15 is 0 Å². The molecule has 0 bridgehead atoms. The van der Waals surface area contributed by atoms with Gasteiger partial charge in [0.05, 0.1) is 14.2 Å². The topological polar surface area (TPSA) is 121 Å². The number of unbranched alkanes of at least 4 members (excludes halogenated alkanes) is 7. The fourth-order valence-electron chi connectivity index (χ4n) is 3.64. The summed E-state index contributed by atoms with van der Waals surface area (Å²) in [5.74, 6) is 0.219. The summed E-state index contributed by atoms with van der Waals surface area (Å²) in [6.45, 7) is 7.13. The van der Waals surface area contributed by atoms with Crippen molar-refractivity contribution in [3.63, 3.8) is 0 Å². The summed E-state index contributed by atoms with van der Waals surface area (Å²) in [6.07, 6.45) is 6.11. The first-order chi connectivity index (χ1) is 16.1. The van der Waals surface area contributed by atoms with Gasteiger partial charge in [-0.05, 0) is 47.0 Å². The molecular formula is C25H40O9. The van der Waals surface area contributed by atoms with Gasteiger partial charge in [-0.1, -0.05) is 38.5 Å². The maximum absolute atomic E-state index is 12.4. The number of carboxylic acid groups (broad SMARTS) is 1. The van der Waals surface area contributed by atoms with Crippen molar-refractivity contribution in [1.29, 1.82) is 0 Å². The molecule has 0 aliphatic heterocycles. The summed E-state index contributed by atoms with van der Waals surface area (Å²) >= 11 is 0. The van der Waals surface area contributed by atoms with Crippen LogP contribution in [0.4, 0.5) is 9.59 Å². The first kappa shape index (κ1) is 29.4. The molecule has 0 spiro atoms. The van der Waals surface area contributed by atoms with Crippen LogP contribution >= 0.6 is 0 Å². The molecule has 0 aliphatic carbocycles. The van der Waals surface area contributed by atoms with Crippen molar-refractivity contribution in [2.24, 2.45) is 0 Å². The molecule has 0 saturated heterocycles. The fourth-order valence-corrected chi connectivity index (χ4v) is 3.64. The molecule has 0 saturated carbocycles. The van der Waals surface area contributed by atoms with Gasteiger partial charge in [-0.2, -0.15) is 0 Å². The fraction of sp³-hybridized carbons (Fsp3) is 0.680. The van der Waals surface area contributed by atoms with Crippen LogP contribution in [0.3, 0.4) is 0 Å². The molecule has 0 radical (unpaired) electrons. The van der Waals surface area contributed by atoms with E-state index in [4.69, 9.17) is 28.8 Å². The molecule has 0 aromatic heterocycles. The Morgan fingerprint density at radius 1 is 0.765 bits per heavy atom. The van der Waals surface area contributed by atoms with Crippen LogP contribution in [0.15, 0.2) is 0 Å². The number of rotatable bonds is 14. The quantitative estimate of drug-likeness (QED) is 0.185. The number of hydrogen-bond donors (Lipinski definition) is 2. The Kier molecular flexibility index (Phi) is 12.6. The number of methoxy groups -OCH3 is 2. The Hall–Kier alpha value is -2.68. The number of benzene rings is 1. The number of carbonyl (C=O) groups is 2. The van der Waals surface area contributed by atoms with E-state index in [2.05, 4.69) is 0 Å². The first-order valence-corrected chi connectivity index (χ1v) is 11.8. The maximum Gasteiger partial charge on any atom is 0.514 e. The van der Waals surface area contributed by atoms with Gasteiger partial charge in [0, 0.05) is 17.7 Å². The van der Waals surface area contributed by atoms with Crippen molar-refractivity contribution in [1.82, 2.24) is 0 Å².